The first kappa shape index (κ1) is 17.5. The van der Waals surface area contributed by atoms with Crippen molar-refractivity contribution < 1.29 is 9.53 Å². The molecule has 0 radical (unpaired) electrons. The number of pyridine rings is 1. The molecule has 0 atom stereocenters. The fourth-order valence-corrected chi connectivity index (χ4v) is 4.37. The number of nitriles is 1. The summed E-state index contributed by atoms with van der Waals surface area (Å²) >= 11 is 0. The Kier molecular flexibility index (Phi) is 4.54. The number of carbonyl (C=O) groups is 1. The molecule has 0 aromatic carbocycles. The molecule has 0 saturated carbocycles. The Bertz CT molecular complexity index is 878. The molecule has 1 N–H and O–H groups in total. The lowest BCUT2D eigenvalue weighted by Gasteiger charge is -2.50. The molecule has 4 heterocycles. The van der Waals surface area contributed by atoms with E-state index in [1.54, 1.807) is 31.8 Å². The van der Waals surface area contributed by atoms with E-state index in [1.807, 2.05) is 4.90 Å². The number of ether oxygens (including phenoxy) is 1. The maximum atomic E-state index is 12.7. The molecule has 2 aliphatic heterocycles. The summed E-state index contributed by atoms with van der Waals surface area (Å²) in [5, 5.41) is 9.37. The number of aromatic amines is 1. The quantitative estimate of drug-likeness (QED) is 0.877. The number of amides is 1. The van der Waals surface area contributed by atoms with Gasteiger partial charge in [-0.25, -0.2) is 9.97 Å². The highest BCUT2D eigenvalue weighted by molar-refractivity contribution is 5.79. The molecule has 2 aliphatic rings. The highest BCUT2D eigenvalue weighted by atomic mass is 16.5. The fraction of sp³-hybridized carbons (Fsp3) is 0.474. The molecule has 1 fully saturated rings. The third-order valence-corrected chi connectivity index (χ3v) is 5.63. The van der Waals surface area contributed by atoms with E-state index in [2.05, 4.69) is 25.9 Å². The van der Waals surface area contributed by atoms with Gasteiger partial charge in [0.05, 0.1) is 23.1 Å². The standard InChI is InChI=1S/C19H22N6O2/c1-27-12-16(26)25-8-4-15-17(23-13-22-15)19(25)5-9-24(10-6-19)18-14(11-20)3-2-7-21-18/h2-3,7,13H,4-6,8-10,12H2,1H3,(H,22,23). The number of rotatable bonds is 3. The maximum absolute atomic E-state index is 12.7. The van der Waals surface area contributed by atoms with E-state index in [9.17, 15) is 10.1 Å². The van der Waals surface area contributed by atoms with Crippen LogP contribution in [0.2, 0.25) is 0 Å². The predicted octanol–water partition coefficient (Wildman–Crippen LogP) is 1.20. The SMILES string of the molecule is COCC(=O)N1CCc2[nH]cnc2C12CCN(c1ncccc1C#N)CC2. The zero-order valence-electron chi connectivity index (χ0n) is 15.3. The molecule has 0 bridgehead atoms. The molecular formula is C19H22N6O2. The number of hydrogen-bond acceptors (Lipinski definition) is 6. The first-order chi connectivity index (χ1) is 13.2. The van der Waals surface area contributed by atoms with Gasteiger partial charge >= 0.3 is 0 Å². The average Bonchev–Trinajstić information content (AvgIpc) is 3.19. The van der Waals surface area contributed by atoms with Gasteiger partial charge in [-0.05, 0) is 25.0 Å². The van der Waals surface area contributed by atoms with Crippen molar-refractivity contribution in [2.45, 2.75) is 24.8 Å². The van der Waals surface area contributed by atoms with E-state index < -0.39 is 5.54 Å². The van der Waals surface area contributed by atoms with Crippen LogP contribution in [0.15, 0.2) is 24.7 Å². The minimum absolute atomic E-state index is 0.00449. The van der Waals surface area contributed by atoms with E-state index in [-0.39, 0.29) is 12.5 Å². The molecule has 4 rings (SSSR count). The second-order valence-electron chi connectivity index (χ2n) is 6.96. The Morgan fingerprint density at radius 1 is 1.37 bits per heavy atom. The van der Waals surface area contributed by atoms with E-state index >= 15 is 0 Å². The molecule has 27 heavy (non-hydrogen) atoms. The van der Waals surface area contributed by atoms with Gasteiger partial charge in [-0.2, -0.15) is 5.26 Å². The highest BCUT2D eigenvalue weighted by Gasteiger charge is 2.48. The molecular weight excluding hydrogens is 344 g/mol. The van der Waals surface area contributed by atoms with Crippen LogP contribution in [0, 0.1) is 11.3 Å². The van der Waals surface area contributed by atoms with Crippen molar-refractivity contribution in [3.63, 3.8) is 0 Å². The van der Waals surface area contributed by atoms with Crippen LogP contribution >= 0.6 is 0 Å². The lowest BCUT2D eigenvalue weighted by Crippen LogP contribution is -2.59. The first-order valence-electron chi connectivity index (χ1n) is 9.12. The number of nitrogens with zero attached hydrogens (tertiary/aromatic N) is 5. The third-order valence-electron chi connectivity index (χ3n) is 5.63. The van der Waals surface area contributed by atoms with Crippen molar-refractivity contribution in [1.29, 1.82) is 5.26 Å². The molecule has 8 nitrogen and oxygen atoms in total. The summed E-state index contributed by atoms with van der Waals surface area (Å²) in [6.07, 6.45) is 5.68. The van der Waals surface area contributed by atoms with Crippen LogP contribution < -0.4 is 4.90 Å². The van der Waals surface area contributed by atoms with Crippen molar-refractivity contribution in [3.05, 3.63) is 41.6 Å². The molecule has 0 unspecified atom stereocenters. The largest absolute Gasteiger partial charge is 0.375 e. The second kappa shape index (κ2) is 7.00. The van der Waals surface area contributed by atoms with Crippen molar-refractivity contribution in [1.82, 2.24) is 19.9 Å². The summed E-state index contributed by atoms with van der Waals surface area (Å²) in [5.41, 5.74) is 2.23. The number of piperidine rings is 1. The summed E-state index contributed by atoms with van der Waals surface area (Å²) < 4.78 is 5.11. The van der Waals surface area contributed by atoms with Gasteiger partial charge in [0, 0.05) is 45.1 Å². The fourth-order valence-electron chi connectivity index (χ4n) is 4.37. The number of methoxy groups -OCH3 is 1. The van der Waals surface area contributed by atoms with Gasteiger partial charge in [0.15, 0.2) is 0 Å². The van der Waals surface area contributed by atoms with Crippen LogP contribution in [0.3, 0.4) is 0 Å². The Morgan fingerprint density at radius 2 is 2.19 bits per heavy atom. The van der Waals surface area contributed by atoms with E-state index in [1.165, 1.54) is 0 Å². The molecule has 140 valence electrons. The number of fused-ring (bicyclic) bond motifs is 2. The number of imidazole rings is 1. The molecule has 1 amide bonds. The minimum atomic E-state index is -0.429. The van der Waals surface area contributed by atoms with Crippen LogP contribution in [0.1, 0.15) is 29.8 Å². The average molecular weight is 366 g/mol. The number of H-pyrrole nitrogens is 1. The van der Waals surface area contributed by atoms with Gasteiger partial charge < -0.3 is 19.5 Å². The van der Waals surface area contributed by atoms with Gasteiger partial charge in [-0.15, -0.1) is 0 Å². The third kappa shape index (κ3) is 2.84. The second-order valence-corrected chi connectivity index (χ2v) is 6.96. The van der Waals surface area contributed by atoms with Crippen LogP contribution in [0.5, 0.6) is 0 Å². The van der Waals surface area contributed by atoms with Crippen molar-refractivity contribution >= 4 is 11.7 Å². The number of anilines is 1. The molecule has 2 aromatic heterocycles. The smallest absolute Gasteiger partial charge is 0.249 e. The Balaban J connectivity index is 1.64. The van der Waals surface area contributed by atoms with E-state index in [0.29, 0.717) is 31.0 Å². The summed E-state index contributed by atoms with van der Waals surface area (Å²) in [4.78, 5) is 29.0. The lowest BCUT2D eigenvalue weighted by atomic mass is 9.78. The van der Waals surface area contributed by atoms with Gasteiger partial charge in [-0.1, -0.05) is 0 Å². The summed E-state index contributed by atoms with van der Waals surface area (Å²) in [6, 6.07) is 5.78. The summed E-state index contributed by atoms with van der Waals surface area (Å²) in [7, 11) is 1.54. The Hall–Kier alpha value is -2.92. The zero-order chi connectivity index (χ0) is 18.9. The number of nitrogens with one attached hydrogen (secondary N) is 1. The summed E-state index contributed by atoms with van der Waals surface area (Å²) in [6.45, 7) is 2.14. The monoisotopic (exact) mass is 366 g/mol. The van der Waals surface area contributed by atoms with Gasteiger partial charge in [0.2, 0.25) is 5.91 Å². The molecule has 1 saturated heterocycles. The van der Waals surface area contributed by atoms with Gasteiger partial charge in [0.25, 0.3) is 0 Å². The van der Waals surface area contributed by atoms with Gasteiger partial charge in [0.1, 0.15) is 18.5 Å². The van der Waals surface area contributed by atoms with Crippen LogP contribution in [-0.4, -0.2) is 59.1 Å². The summed E-state index contributed by atoms with van der Waals surface area (Å²) in [5.74, 6) is 0.706. The number of hydrogen-bond donors (Lipinski definition) is 1. The van der Waals surface area contributed by atoms with E-state index in [0.717, 1.165) is 30.7 Å². The first-order valence-corrected chi connectivity index (χ1v) is 9.12. The minimum Gasteiger partial charge on any atom is -0.375 e. The van der Waals surface area contributed by atoms with Gasteiger partial charge in [-0.3, -0.25) is 4.79 Å². The molecule has 8 heteroatoms. The Morgan fingerprint density at radius 3 is 2.93 bits per heavy atom. The predicted molar refractivity (Wildman–Crippen MR) is 98.0 cm³/mol. The van der Waals surface area contributed by atoms with Crippen LogP contribution in [-0.2, 0) is 21.5 Å². The number of carbonyl (C=O) groups excluding carboxylic acids is 1. The Labute approximate surface area is 157 Å². The molecule has 1 spiro atoms. The molecule has 2 aromatic rings. The topological polar surface area (TPSA) is 98.1 Å². The van der Waals surface area contributed by atoms with Crippen molar-refractivity contribution in [2.75, 3.05) is 38.3 Å². The van der Waals surface area contributed by atoms with Crippen molar-refractivity contribution in [2.24, 2.45) is 0 Å². The zero-order valence-corrected chi connectivity index (χ0v) is 15.3. The number of aromatic nitrogens is 3. The highest BCUT2D eigenvalue weighted by Crippen LogP contribution is 2.43. The normalized spacial score (nSPS) is 18.2. The van der Waals surface area contributed by atoms with E-state index in [4.69, 9.17) is 4.74 Å². The molecule has 0 aliphatic carbocycles. The van der Waals surface area contributed by atoms with Crippen molar-refractivity contribution in [3.8, 4) is 6.07 Å². The van der Waals surface area contributed by atoms with Crippen LogP contribution in [0.25, 0.3) is 0 Å². The lowest BCUT2D eigenvalue weighted by molar-refractivity contribution is -0.144. The van der Waals surface area contributed by atoms with Crippen LogP contribution in [0.4, 0.5) is 5.82 Å². The maximum Gasteiger partial charge on any atom is 0.249 e.